The van der Waals surface area contributed by atoms with Gasteiger partial charge >= 0.3 is 11.9 Å². The van der Waals surface area contributed by atoms with Gasteiger partial charge in [0.15, 0.2) is 6.29 Å². The first-order valence-corrected chi connectivity index (χ1v) is 20.3. The van der Waals surface area contributed by atoms with Crippen LogP contribution in [0.2, 0.25) is 0 Å². The zero-order valence-electron chi connectivity index (χ0n) is 34.5. The summed E-state index contributed by atoms with van der Waals surface area (Å²) >= 11 is 0. The largest absolute Gasteiger partial charge is 0.477 e. The Morgan fingerprint density at radius 2 is 1.23 bits per heavy atom. The van der Waals surface area contributed by atoms with E-state index in [2.05, 4.69) is 0 Å². The fourth-order valence-corrected chi connectivity index (χ4v) is 8.08. The molecule has 0 saturated carbocycles. The molecule has 4 saturated heterocycles. The fourth-order valence-electron chi connectivity index (χ4n) is 8.08. The van der Waals surface area contributed by atoms with Crippen molar-refractivity contribution in [2.45, 2.75) is 149 Å². The number of carboxylic acid groups (broad SMARTS) is 2. The van der Waals surface area contributed by atoms with Crippen LogP contribution >= 0.6 is 0 Å². The fraction of sp³-hybridized carbons (Fsp3) is 0.789. The summed E-state index contributed by atoms with van der Waals surface area (Å²) in [6, 6.07) is 5.84. The number of nitrogens with two attached hydrogens (primary N) is 1. The van der Waals surface area contributed by atoms with Crippen molar-refractivity contribution in [2.24, 2.45) is 11.8 Å². The summed E-state index contributed by atoms with van der Waals surface area (Å²) in [7, 11) is 0. The Balaban J connectivity index is 1.38. The number of anilines is 1. The number of nitrogen functional groups attached to an aromatic ring is 1. The molecule has 19 unspecified atom stereocenters. The molecule has 4 fully saturated rings. The lowest BCUT2D eigenvalue weighted by Crippen LogP contribution is -2.68. The average Bonchev–Trinajstić information content (AvgIpc) is 3.26. The van der Waals surface area contributed by atoms with Crippen molar-refractivity contribution >= 4 is 17.6 Å². The maximum atomic E-state index is 13.1. The molecule has 4 aliphatic rings. The minimum Gasteiger partial charge on any atom is -0.477 e. The molecule has 0 spiro atoms. The molecule has 5 rings (SSSR count). The van der Waals surface area contributed by atoms with Gasteiger partial charge in [-0.1, -0.05) is 13.8 Å². The van der Waals surface area contributed by atoms with Crippen molar-refractivity contribution < 1.29 is 124 Å². The Morgan fingerprint density at radius 3 is 1.77 bits per heavy atom. The summed E-state index contributed by atoms with van der Waals surface area (Å²) in [5.74, 6) is -12.3. The summed E-state index contributed by atoms with van der Waals surface area (Å²) in [4.78, 5) is 25.8. The van der Waals surface area contributed by atoms with E-state index in [9.17, 15) is 86.2 Å². The van der Waals surface area contributed by atoms with Gasteiger partial charge in [0.25, 0.3) is 11.6 Å². The van der Waals surface area contributed by atoms with Crippen LogP contribution in [0.4, 0.5) is 5.69 Å². The quantitative estimate of drug-likeness (QED) is 0.0608. The molecule has 4 aliphatic heterocycles. The number of carbonyl (C=O) groups is 2. The van der Waals surface area contributed by atoms with E-state index in [4.69, 9.17) is 43.6 Å². The predicted octanol–water partition coefficient (Wildman–Crippen LogP) is -7.12. The molecule has 1 aromatic carbocycles. The summed E-state index contributed by atoms with van der Waals surface area (Å²) in [6.07, 6.45) is -36.3. The van der Waals surface area contributed by atoms with E-state index in [-0.39, 0.29) is 5.75 Å². The van der Waals surface area contributed by atoms with Crippen LogP contribution in [0.1, 0.15) is 26.7 Å². The van der Waals surface area contributed by atoms with Crippen LogP contribution in [0.15, 0.2) is 24.3 Å². The van der Waals surface area contributed by atoms with E-state index >= 15 is 0 Å². The lowest BCUT2D eigenvalue weighted by Gasteiger charge is -2.51. The van der Waals surface area contributed by atoms with Crippen molar-refractivity contribution in [3.05, 3.63) is 24.3 Å². The number of ether oxygens (including phenoxy) is 8. The molecule has 1 aromatic rings. The maximum Gasteiger partial charge on any atom is 0.364 e. The van der Waals surface area contributed by atoms with Crippen LogP contribution in [-0.4, -0.2) is 237 Å². The number of aliphatic hydroxyl groups is 13. The second-order valence-corrected chi connectivity index (χ2v) is 16.4. The van der Waals surface area contributed by atoms with Gasteiger partial charge in [0.1, 0.15) is 79.0 Å². The number of rotatable bonds is 18. The number of hydrogen-bond acceptors (Lipinski definition) is 24. The molecule has 64 heavy (non-hydrogen) atoms. The van der Waals surface area contributed by atoms with Crippen molar-refractivity contribution in [3.63, 3.8) is 0 Å². The van der Waals surface area contributed by atoms with E-state index in [1.54, 1.807) is 0 Å². The van der Waals surface area contributed by atoms with Crippen LogP contribution in [-0.2, 0) is 42.7 Å². The van der Waals surface area contributed by atoms with Gasteiger partial charge in [-0.05, 0) is 24.3 Å². The van der Waals surface area contributed by atoms with Gasteiger partial charge in [-0.25, -0.2) is 9.59 Å². The SMILES string of the molecule is CC1C(O)CC(OC2C(O)C(CO)OC(OC3C(CO)OC(Oc4ccc(N)cc4)C(O)C3O)C2O)(C(=O)O)OC1[C@H](O)C(CO)OC1(C(=O)O)CC(O)C(C)C([C@H](O)[C@H](O)CO)O1. The maximum absolute atomic E-state index is 13.1. The molecule has 0 radical (unpaired) electrons. The number of hydrogen-bond donors (Lipinski definition) is 16. The third-order valence-corrected chi connectivity index (χ3v) is 12.1. The van der Waals surface area contributed by atoms with E-state index in [0.29, 0.717) is 5.69 Å². The van der Waals surface area contributed by atoms with Gasteiger partial charge in [0, 0.05) is 30.4 Å². The van der Waals surface area contributed by atoms with Gasteiger partial charge in [0.2, 0.25) is 6.29 Å². The molecular weight excluding hydrogens is 870 g/mol. The first kappa shape index (κ1) is 51.9. The van der Waals surface area contributed by atoms with Crippen LogP contribution < -0.4 is 10.5 Å². The van der Waals surface area contributed by atoms with Gasteiger partial charge in [-0.3, -0.25) is 0 Å². The van der Waals surface area contributed by atoms with Crippen LogP contribution in [0.5, 0.6) is 5.75 Å². The molecule has 26 nitrogen and oxygen atoms in total. The number of benzene rings is 1. The molecule has 22 atom stereocenters. The lowest BCUT2D eigenvalue weighted by molar-refractivity contribution is -0.388. The van der Waals surface area contributed by atoms with Crippen molar-refractivity contribution in [1.29, 1.82) is 0 Å². The van der Waals surface area contributed by atoms with E-state index < -0.39 is 185 Å². The zero-order chi connectivity index (χ0) is 47.6. The summed E-state index contributed by atoms with van der Waals surface area (Å²) in [6.45, 7) is -1.58. The van der Waals surface area contributed by atoms with Crippen LogP contribution in [0.3, 0.4) is 0 Å². The first-order chi connectivity index (χ1) is 30.1. The molecular formula is C38H59NO25. The Morgan fingerprint density at radius 1 is 0.703 bits per heavy atom. The first-order valence-electron chi connectivity index (χ1n) is 20.3. The standard InChI is InChI=1S/C38H59NO25/c1-13-17(44)7-37(35(53)54,62-29(13)23(47)19(46)9-40)61-21(11-42)25(49)30-14(2)18(45)8-38(63-30,36(55)56)64-32-24(48)20(10-41)58-34(28(32)52)60-31-22(12-43)59-33(27(51)26(31)50)57-16-5-3-15(39)4-6-16/h3-6,13-14,17-34,40-52H,7-12,39H2,1-2H3,(H,53,54)(H,55,56)/t13?,14?,17?,18?,19-,20?,21?,22?,23-,24?,25-,26?,27?,28?,29?,30?,31?,32?,33?,34?,37?,38?/m1/s1. The van der Waals surface area contributed by atoms with Gasteiger partial charge in [0.05, 0.1) is 50.8 Å². The molecule has 0 amide bonds. The smallest absolute Gasteiger partial charge is 0.364 e. The number of aliphatic hydroxyl groups excluding tert-OH is 13. The molecule has 0 aromatic heterocycles. The highest BCUT2D eigenvalue weighted by atomic mass is 16.8. The Labute approximate surface area is 364 Å². The van der Waals surface area contributed by atoms with Gasteiger partial charge in [-0.15, -0.1) is 0 Å². The number of aliphatic carboxylic acids is 2. The molecule has 26 heteroatoms. The van der Waals surface area contributed by atoms with Crippen LogP contribution in [0, 0.1) is 11.8 Å². The van der Waals surface area contributed by atoms with Crippen molar-refractivity contribution in [3.8, 4) is 5.75 Å². The average molecular weight is 930 g/mol. The molecule has 0 aliphatic carbocycles. The van der Waals surface area contributed by atoms with E-state index in [1.807, 2.05) is 0 Å². The minimum absolute atomic E-state index is 0.154. The van der Waals surface area contributed by atoms with Gasteiger partial charge < -0.3 is 120 Å². The normalized spacial score (nSPS) is 42.5. The molecule has 366 valence electrons. The summed E-state index contributed by atoms with van der Waals surface area (Å²) in [5, 5.41) is 160. The lowest BCUT2D eigenvalue weighted by atomic mass is 9.83. The Hall–Kier alpha value is -3.04. The Bertz CT molecular complexity index is 1680. The Kier molecular flexibility index (Phi) is 17.3. The zero-order valence-corrected chi connectivity index (χ0v) is 34.5. The van der Waals surface area contributed by atoms with Crippen LogP contribution in [0.25, 0.3) is 0 Å². The predicted molar refractivity (Wildman–Crippen MR) is 204 cm³/mol. The monoisotopic (exact) mass is 929 g/mol. The third-order valence-electron chi connectivity index (χ3n) is 12.1. The summed E-state index contributed by atoms with van der Waals surface area (Å²) in [5.41, 5.74) is 6.07. The molecule has 4 heterocycles. The number of carboxylic acids is 2. The van der Waals surface area contributed by atoms with Crippen molar-refractivity contribution in [1.82, 2.24) is 0 Å². The van der Waals surface area contributed by atoms with Crippen molar-refractivity contribution in [2.75, 3.05) is 32.2 Å². The minimum atomic E-state index is -3.14. The topological polar surface area (TPSA) is 437 Å². The molecule has 17 N–H and O–H groups in total. The second kappa shape index (κ2) is 21.3. The highest BCUT2D eigenvalue weighted by Gasteiger charge is 2.61. The molecule has 0 bridgehead atoms. The van der Waals surface area contributed by atoms with Gasteiger partial charge in [-0.2, -0.15) is 0 Å². The second-order valence-electron chi connectivity index (χ2n) is 16.4. The van der Waals surface area contributed by atoms with E-state index in [1.165, 1.54) is 38.1 Å². The highest BCUT2D eigenvalue weighted by Crippen LogP contribution is 2.42. The van der Waals surface area contributed by atoms with E-state index in [0.717, 1.165) is 0 Å². The third kappa shape index (κ3) is 10.6. The summed E-state index contributed by atoms with van der Waals surface area (Å²) < 4.78 is 45.2. The highest BCUT2D eigenvalue weighted by molar-refractivity contribution is 5.76.